The molecule has 140 valence electrons. The number of benzene rings is 3. The molecule has 0 saturated carbocycles. The van der Waals surface area contributed by atoms with Crippen LogP contribution in [0.1, 0.15) is 28.4 Å². The maximum Gasteiger partial charge on any atom is 0.124 e. The van der Waals surface area contributed by atoms with Crippen molar-refractivity contribution in [1.29, 1.82) is 0 Å². The Balaban J connectivity index is 1.61. The van der Waals surface area contributed by atoms with E-state index < -0.39 is 6.10 Å². The van der Waals surface area contributed by atoms with E-state index in [4.69, 9.17) is 16.3 Å². The molecule has 3 rings (SSSR count). The summed E-state index contributed by atoms with van der Waals surface area (Å²) in [4.78, 5) is 0. The van der Waals surface area contributed by atoms with E-state index in [1.165, 1.54) is 5.56 Å². The average molecular weight is 382 g/mol. The van der Waals surface area contributed by atoms with Gasteiger partial charge in [0, 0.05) is 23.7 Å². The van der Waals surface area contributed by atoms with Gasteiger partial charge in [-0.15, -0.1) is 0 Å². The summed E-state index contributed by atoms with van der Waals surface area (Å²) in [5.41, 5.74) is 4.23. The first-order chi connectivity index (χ1) is 13.1. The number of hydrogen-bond acceptors (Lipinski definition) is 3. The Morgan fingerprint density at radius 1 is 0.963 bits per heavy atom. The second-order valence-corrected chi connectivity index (χ2v) is 6.96. The minimum atomic E-state index is -0.554. The zero-order chi connectivity index (χ0) is 19.1. The highest BCUT2D eigenvalue weighted by Crippen LogP contribution is 2.24. The van der Waals surface area contributed by atoms with Gasteiger partial charge in [0.1, 0.15) is 12.4 Å². The molecule has 27 heavy (non-hydrogen) atoms. The summed E-state index contributed by atoms with van der Waals surface area (Å²) in [6, 6.07) is 23.4. The smallest absolute Gasteiger partial charge is 0.124 e. The van der Waals surface area contributed by atoms with Crippen molar-refractivity contribution < 1.29 is 9.84 Å². The second-order valence-electron chi connectivity index (χ2n) is 6.52. The van der Waals surface area contributed by atoms with Gasteiger partial charge in [0.2, 0.25) is 0 Å². The van der Waals surface area contributed by atoms with Crippen LogP contribution in [0.3, 0.4) is 0 Å². The summed E-state index contributed by atoms with van der Waals surface area (Å²) in [5, 5.41) is 14.2. The van der Waals surface area contributed by atoms with Crippen molar-refractivity contribution in [3.8, 4) is 5.75 Å². The van der Waals surface area contributed by atoms with E-state index in [0.29, 0.717) is 24.7 Å². The van der Waals surface area contributed by atoms with Gasteiger partial charge < -0.3 is 15.2 Å². The van der Waals surface area contributed by atoms with Crippen LogP contribution < -0.4 is 10.1 Å². The summed E-state index contributed by atoms with van der Waals surface area (Å²) in [6.45, 7) is 3.60. The first-order valence-electron chi connectivity index (χ1n) is 9.03. The fraction of sp³-hybridized carbons (Fsp3) is 0.217. The van der Waals surface area contributed by atoms with Crippen LogP contribution in [0.15, 0.2) is 72.8 Å². The fourth-order valence-electron chi connectivity index (χ4n) is 2.89. The van der Waals surface area contributed by atoms with Crippen LogP contribution in [0.4, 0.5) is 0 Å². The van der Waals surface area contributed by atoms with Crippen molar-refractivity contribution in [2.75, 3.05) is 6.54 Å². The maximum atomic E-state index is 10.3. The first-order valence-corrected chi connectivity index (χ1v) is 9.41. The van der Waals surface area contributed by atoms with E-state index in [-0.39, 0.29) is 0 Å². The van der Waals surface area contributed by atoms with E-state index in [9.17, 15) is 5.11 Å². The Bertz CT molecular complexity index is 867. The lowest BCUT2D eigenvalue weighted by atomic mass is 10.1. The van der Waals surface area contributed by atoms with Crippen molar-refractivity contribution in [3.63, 3.8) is 0 Å². The molecule has 0 aromatic heterocycles. The molecule has 0 aliphatic heterocycles. The van der Waals surface area contributed by atoms with Crippen LogP contribution in [0.5, 0.6) is 5.75 Å². The summed E-state index contributed by atoms with van der Waals surface area (Å²) < 4.78 is 6.04. The topological polar surface area (TPSA) is 41.5 Å². The number of aliphatic hydroxyl groups excluding tert-OH is 1. The zero-order valence-corrected chi connectivity index (χ0v) is 16.1. The van der Waals surface area contributed by atoms with Gasteiger partial charge >= 0.3 is 0 Å². The first kappa shape index (κ1) is 19.4. The quantitative estimate of drug-likeness (QED) is 0.573. The van der Waals surface area contributed by atoms with Gasteiger partial charge in [0.05, 0.1) is 6.10 Å². The van der Waals surface area contributed by atoms with Gasteiger partial charge in [0.25, 0.3) is 0 Å². The lowest BCUT2D eigenvalue weighted by molar-refractivity contribution is 0.174. The molecule has 3 nitrogen and oxygen atoms in total. The van der Waals surface area contributed by atoms with Gasteiger partial charge in [-0.1, -0.05) is 66.2 Å². The number of rotatable bonds is 8. The van der Waals surface area contributed by atoms with Gasteiger partial charge in [-0.05, 0) is 41.8 Å². The molecule has 1 unspecified atom stereocenters. The molecule has 0 bridgehead atoms. The molecule has 0 aliphatic rings. The highest BCUT2D eigenvalue weighted by molar-refractivity contribution is 6.30. The summed E-state index contributed by atoms with van der Waals surface area (Å²) in [5.74, 6) is 0.796. The maximum absolute atomic E-state index is 10.3. The van der Waals surface area contributed by atoms with Gasteiger partial charge in [-0.2, -0.15) is 0 Å². The van der Waals surface area contributed by atoms with Crippen LogP contribution in [0.25, 0.3) is 0 Å². The lowest BCUT2D eigenvalue weighted by Crippen LogP contribution is -2.21. The van der Waals surface area contributed by atoms with Crippen molar-refractivity contribution >= 4 is 11.6 Å². The van der Waals surface area contributed by atoms with E-state index >= 15 is 0 Å². The Morgan fingerprint density at radius 2 is 1.70 bits per heavy atom. The third-order valence-electron chi connectivity index (χ3n) is 4.50. The van der Waals surface area contributed by atoms with Crippen LogP contribution in [0, 0.1) is 6.92 Å². The minimum absolute atomic E-state index is 0.452. The molecule has 0 fully saturated rings. The Morgan fingerprint density at radius 3 is 2.48 bits per heavy atom. The van der Waals surface area contributed by atoms with E-state index in [2.05, 4.69) is 24.4 Å². The van der Waals surface area contributed by atoms with Crippen molar-refractivity contribution in [2.24, 2.45) is 0 Å². The van der Waals surface area contributed by atoms with Crippen molar-refractivity contribution in [2.45, 2.75) is 26.2 Å². The van der Waals surface area contributed by atoms with E-state index in [1.807, 2.05) is 60.7 Å². The summed E-state index contributed by atoms with van der Waals surface area (Å²) in [6.07, 6.45) is -0.554. The zero-order valence-electron chi connectivity index (χ0n) is 15.4. The highest BCUT2D eigenvalue weighted by Gasteiger charge is 2.09. The molecule has 3 aromatic carbocycles. The van der Waals surface area contributed by atoms with Crippen molar-refractivity contribution in [3.05, 3.63) is 100 Å². The molecule has 0 amide bonds. The molecule has 2 N–H and O–H groups in total. The van der Waals surface area contributed by atoms with Crippen LogP contribution in [-0.4, -0.2) is 11.7 Å². The molecular weight excluding hydrogens is 358 g/mol. The van der Waals surface area contributed by atoms with Gasteiger partial charge in [-0.3, -0.25) is 0 Å². The van der Waals surface area contributed by atoms with Gasteiger partial charge in [-0.25, -0.2) is 0 Å². The number of aliphatic hydroxyl groups is 1. The molecule has 0 aliphatic carbocycles. The average Bonchev–Trinajstić information content (AvgIpc) is 2.69. The largest absolute Gasteiger partial charge is 0.489 e. The molecule has 0 heterocycles. The Labute approximate surface area is 165 Å². The molecule has 4 heteroatoms. The standard InChI is InChI=1S/C23H24ClNO2/c1-17-7-5-6-10-19(17)16-27-23-12-11-21(24)13-20(23)14-25-15-22(26)18-8-3-2-4-9-18/h2-13,22,25-26H,14-16H2,1H3. The Kier molecular flexibility index (Phi) is 6.88. The number of aryl methyl sites for hydroxylation is 1. The molecule has 0 radical (unpaired) electrons. The van der Waals surface area contributed by atoms with E-state index in [1.54, 1.807) is 0 Å². The van der Waals surface area contributed by atoms with Crippen molar-refractivity contribution in [1.82, 2.24) is 5.32 Å². The molecule has 1 atom stereocenters. The molecular formula is C23H24ClNO2. The molecule has 0 saturated heterocycles. The third kappa shape index (κ3) is 5.57. The normalized spacial score (nSPS) is 12.0. The minimum Gasteiger partial charge on any atom is -0.489 e. The predicted molar refractivity (Wildman–Crippen MR) is 110 cm³/mol. The number of hydrogen-bond donors (Lipinski definition) is 2. The lowest BCUT2D eigenvalue weighted by Gasteiger charge is -2.15. The molecule has 0 spiro atoms. The van der Waals surface area contributed by atoms with E-state index in [0.717, 1.165) is 22.4 Å². The second kappa shape index (κ2) is 9.56. The monoisotopic (exact) mass is 381 g/mol. The fourth-order valence-corrected chi connectivity index (χ4v) is 3.09. The number of ether oxygens (including phenoxy) is 1. The van der Waals surface area contributed by atoms with Crippen LogP contribution >= 0.6 is 11.6 Å². The van der Waals surface area contributed by atoms with Gasteiger partial charge in [0.15, 0.2) is 0 Å². The third-order valence-corrected chi connectivity index (χ3v) is 4.74. The van der Waals surface area contributed by atoms with Crippen LogP contribution in [-0.2, 0) is 13.2 Å². The summed E-state index contributed by atoms with van der Waals surface area (Å²) >= 11 is 6.16. The summed E-state index contributed by atoms with van der Waals surface area (Å²) in [7, 11) is 0. The number of nitrogens with one attached hydrogen (secondary N) is 1. The van der Waals surface area contributed by atoms with Crippen LogP contribution in [0.2, 0.25) is 5.02 Å². The number of halogens is 1. The molecule has 3 aromatic rings. The predicted octanol–water partition coefficient (Wildman–Crippen LogP) is 5.05. The Hall–Kier alpha value is -2.33. The SMILES string of the molecule is Cc1ccccc1COc1ccc(Cl)cc1CNCC(O)c1ccccc1. The highest BCUT2D eigenvalue weighted by atomic mass is 35.5.